The van der Waals surface area contributed by atoms with Gasteiger partial charge in [0.25, 0.3) is 11.6 Å². The average Bonchev–Trinajstić information content (AvgIpc) is 2.65. The summed E-state index contributed by atoms with van der Waals surface area (Å²) in [6, 6.07) is 6.13. The van der Waals surface area contributed by atoms with Gasteiger partial charge in [-0.1, -0.05) is 12.1 Å². The third-order valence-electron chi connectivity index (χ3n) is 6.62. The molecule has 154 valence electrons. The fourth-order valence-corrected chi connectivity index (χ4v) is 5.85. The van der Waals surface area contributed by atoms with Crippen LogP contribution in [0.15, 0.2) is 30.3 Å². The Morgan fingerprint density at radius 1 is 1.17 bits per heavy atom. The van der Waals surface area contributed by atoms with Crippen molar-refractivity contribution in [2.45, 2.75) is 57.1 Å². The number of carbonyl (C=O) groups excluding carboxylic acids is 2. The topological polar surface area (TPSA) is 98.5 Å². The van der Waals surface area contributed by atoms with E-state index >= 15 is 0 Å². The predicted octanol–water partition coefficient (Wildman–Crippen LogP) is 3.62. The quantitative estimate of drug-likeness (QED) is 0.341. The Labute approximate surface area is 169 Å². The van der Waals surface area contributed by atoms with E-state index in [0.717, 1.165) is 25.3 Å². The number of benzene rings is 1. The van der Waals surface area contributed by atoms with E-state index in [9.17, 15) is 19.7 Å². The minimum Gasteiger partial charge on any atom is -0.449 e. The van der Waals surface area contributed by atoms with Crippen LogP contribution >= 0.6 is 0 Å². The fourth-order valence-electron chi connectivity index (χ4n) is 5.85. The summed E-state index contributed by atoms with van der Waals surface area (Å²) in [6.45, 7) is 1.56. The molecule has 1 aromatic rings. The van der Waals surface area contributed by atoms with Crippen molar-refractivity contribution in [3.05, 3.63) is 46.0 Å². The lowest BCUT2D eigenvalue weighted by atomic mass is 9.53. The van der Waals surface area contributed by atoms with Crippen molar-refractivity contribution in [3.8, 4) is 0 Å². The van der Waals surface area contributed by atoms with Crippen molar-refractivity contribution in [2.75, 3.05) is 0 Å². The minimum atomic E-state index is -0.911. The number of rotatable bonds is 6. The van der Waals surface area contributed by atoms with Gasteiger partial charge in [0.05, 0.1) is 10.5 Å². The van der Waals surface area contributed by atoms with E-state index in [4.69, 9.17) is 4.74 Å². The fraction of sp³-hybridized carbons (Fsp3) is 0.545. The number of amides is 1. The van der Waals surface area contributed by atoms with Crippen molar-refractivity contribution < 1.29 is 19.2 Å². The first-order chi connectivity index (χ1) is 13.8. The molecule has 0 saturated heterocycles. The molecule has 0 unspecified atom stereocenters. The molecule has 0 aromatic heterocycles. The number of nitro groups is 1. The van der Waals surface area contributed by atoms with Gasteiger partial charge in [0.15, 0.2) is 6.10 Å². The lowest BCUT2D eigenvalue weighted by Gasteiger charge is -2.57. The van der Waals surface area contributed by atoms with E-state index in [1.165, 1.54) is 31.4 Å². The second-order valence-electron chi connectivity index (χ2n) is 8.92. The van der Waals surface area contributed by atoms with Crippen LogP contribution in [0, 0.1) is 27.9 Å². The molecule has 1 amide bonds. The van der Waals surface area contributed by atoms with Gasteiger partial charge in [-0.2, -0.15) is 0 Å². The highest BCUT2D eigenvalue weighted by Gasteiger charge is 2.51. The molecule has 1 atom stereocenters. The zero-order valence-corrected chi connectivity index (χ0v) is 16.5. The third-order valence-corrected chi connectivity index (χ3v) is 6.62. The van der Waals surface area contributed by atoms with Gasteiger partial charge in [0.2, 0.25) is 0 Å². The van der Waals surface area contributed by atoms with Gasteiger partial charge in [-0.15, -0.1) is 0 Å². The zero-order chi connectivity index (χ0) is 20.6. The molecule has 0 radical (unpaired) electrons. The van der Waals surface area contributed by atoms with Crippen molar-refractivity contribution in [1.82, 2.24) is 5.32 Å². The lowest BCUT2D eigenvalue weighted by Crippen LogP contribution is -2.61. The molecule has 29 heavy (non-hydrogen) atoms. The minimum absolute atomic E-state index is 0.0934. The molecule has 7 nitrogen and oxygen atoms in total. The van der Waals surface area contributed by atoms with E-state index in [1.807, 2.05) is 0 Å². The number of para-hydroxylation sites is 1. The largest absolute Gasteiger partial charge is 0.449 e. The van der Waals surface area contributed by atoms with Gasteiger partial charge >= 0.3 is 5.97 Å². The molecule has 0 aliphatic heterocycles. The summed E-state index contributed by atoms with van der Waals surface area (Å²) in [5.74, 6) is 1.17. The molecular weight excluding hydrogens is 372 g/mol. The molecule has 1 N–H and O–H groups in total. The van der Waals surface area contributed by atoms with Crippen LogP contribution in [-0.2, 0) is 14.3 Å². The van der Waals surface area contributed by atoms with Crippen LogP contribution in [0.25, 0.3) is 6.08 Å². The zero-order valence-electron chi connectivity index (χ0n) is 16.5. The Balaban J connectivity index is 1.34. The second-order valence-corrected chi connectivity index (χ2v) is 8.92. The summed E-state index contributed by atoms with van der Waals surface area (Å²) in [5.41, 5.74) is 0.0803. The molecule has 1 aromatic carbocycles. The van der Waals surface area contributed by atoms with E-state index in [-0.39, 0.29) is 17.1 Å². The maximum Gasteiger partial charge on any atom is 0.331 e. The van der Waals surface area contributed by atoms with Crippen LogP contribution in [0.3, 0.4) is 0 Å². The summed E-state index contributed by atoms with van der Waals surface area (Å²) < 4.78 is 5.24. The van der Waals surface area contributed by atoms with Crippen LogP contribution in [-0.4, -0.2) is 28.4 Å². The van der Waals surface area contributed by atoms with E-state index in [0.29, 0.717) is 23.3 Å². The normalized spacial score (nSPS) is 30.9. The highest BCUT2D eigenvalue weighted by molar-refractivity contribution is 5.91. The number of hydrogen-bond donors (Lipinski definition) is 1. The summed E-state index contributed by atoms with van der Waals surface area (Å²) in [7, 11) is 0. The van der Waals surface area contributed by atoms with Gasteiger partial charge in [-0.05, 0) is 75.3 Å². The van der Waals surface area contributed by atoms with Crippen molar-refractivity contribution in [2.24, 2.45) is 17.8 Å². The number of nitro benzene ring substituents is 1. The number of nitrogens with one attached hydrogen (secondary N) is 1. The first kappa shape index (κ1) is 19.6. The van der Waals surface area contributed by atoms with E-state index in [1.54, 1.807) is 25.1 Å². The predicted molar refractivity (Wildman–Crippen MR) is 107 cm³/mol. The van der Waals surface area contributed by atoms with Gasteiger partial charge in [-0.3, -0.25) is 14.9 Å². The smallest absolute Gasteiger partial charge is 0.331 e. The highest BCUT2D eigenvalue weighted by Crippen LogP contribution is 2.55. The van der Waals surface area contributed by atoms with Crippen LogP contribution in [0.4, 0.5) is 5.69 Å². The maximum absolute atomic E-state index is 12.7. The number of ether oxygens (including phenoxy) is 1. The summed E-state index contributed by atoms with van der Waals surface area (Å²) in [6.07, 6.45) is 8.50. The molecule has 4 saturated carbocycles. The monoisotopic (exact) mass is 398 g/mol. The maximum atomic E-state index is 12.7. The van der Waals surface area contributed by atoms with Crippen LogP contribution in [0.1, 0.15) is 51.0 Å². The molecule has 7 heteroatoms. The summed E-state index contributed by atoms with van der Waals surface area (Å²) >= 11 is 0. The number of carbonyl (C=O) groups is 2. The molecule has 4 aliphatic carbocycles. The molecular formula is C22H26N2O5. The number of esters is 1. The van der Waals surface area contributed by atoms with Crippen LogP contribution < -0.4 is 5.32 Å². The molecule has 4 aliphatic rings. The third kappa shape index (κ3) is 4.18. The van der Waals surface area contributed by atoms with Crippen LogP contribution in [0.2, 0.25) is 0 Å². The van der Waals surface area contributed by atoms with E-state index < -0.39 is 17.0 Å². The molecule has 0 spiro atoms. The Hall–Kier alpha value is -2.70. The van der Waals surface area contributed by atoms with Gasteiger partial charge in [0, 0.05) is 17.7 Å². The molecule has 4 fully saturated rings. The van der Waals surface area contributed by atoms with Crippen LogP contribution in [0.5, 0.6) is 0 Å². The molecule has 0 heterocycles. The SMILES string of the molecule is C[C@H](OC(=O)/C=C/c1ccccc1[N+](=O)[O-])C(=O)NC12CC3CC(CC(C3)C1)C2. The standard InChI is InChI=1S/C22H26N2O5/c1-14(29-20(25)7-6-18-4-2-3-5-19(18)24(27)28)21(26)23-22-11-15-8-16(12-22)10-17(9-15)13-22/h2-7,14-17H,8-13H2,1H3,(H,23,26)/b7-6+/t14-,15?,16?,17?,22?/m0/s1. The van der Waals surface area contributed by atoms with Gasteiger partial charge < -0.3 is 10.1 Å². The van der Waals surface area contributed by atoms with E-state index in [2.05, 4.69) is 5.32 Å². The number of nitrogens with zero attached hydrogens (tertiary/aromatic N) is 1. The van der Waals surface area contributed by atoms with Gasteiger partial charge in [0.1, 0.15) is 0 Å². The molecule has 5 rings (SSSR count). The lowest BCUT2D eigenvalue weighted by molar-refractivity contribution is -0.385. The molecule has 4 bridgehead atoms. The van der Waals surface area contributed by atoms with Crippen molar-refractivity contribution in [1.29, 1.82) is 0 Å². The Morgan fingerprint density at radius 2 is 1.76 bits per heavy atom. The van der Waals surface area contributed by atoms with Crippen molar-refractivity contribution in [3.63, 3.8) is 0 Å². The Morgan fingerprint density at radius 3 is 2.34 bits per heavy atom. The summed E-state index contributed by atoms with van der Waals surface area (Å²) in [4.78, 5) is 35.3. The van der Waals surface area contributed by atoms with Gasteiger partial charge in [-0.25, -0.2) is 4.79 Å². The second kappa shape index (κ2) is 7.61. The Bertz CT molecular complexity index is 827. The average molecular weight is 398 g/mol. The first-order valence-corrected chi connectivity index (χ1v) is 10.3. The highest BCUT2D eigenvalue weighted by atomic mass is 16.6. The van der Waals surface area contributed by atoms with Crippen molar-refractivity contribution >= 4 is 23.6 Å². The summed E-state index contributed by atoms with van der Waals surface area (Å²) in [5, 5.41) is 14.2. The first-order valence-electron chi connectivity index (χ1n) is 10.3. The Kier molecular flexibility index (Phi) is 5.15. The number of hydrogen-bond acceptors (Lipinski definition) is 5.